The average molecular weight is 413 g/mol. The molecular weight excluding hydrogens is 383 g/mol. The summed E-state index contributed by atoms with van der Waals surface area (Å²) in [7, 11) is 1.57. The highest BCUT2D eigenvalue weighted by Gasteiger charge is 2.60. The lowest BCUT2D eigenvalue weighted by atomic mass is 9.47. The predicted molar refractivity (Wildman–Crippen MR) is 102 cm³/mol. The number of oxime groups is 1. The van der Waals surface area contributed by atoms with Gasteiger partial charge < -0.3 is 9.57 Å². The number of carbonyl (C=O) groups excluding carboxylic acids is 1. The Bertz CT molecular complexity index is 746. The van der Waals surface area contributed by atoms with E-state index >= 15 is 0 Å². The second-order valence-electron chi connectivity index (χ2n) is 9.78. The lowest BCUT2D eigenvalue weighted by Crippen LogP contribution is -2.52. The first kappa shape index (κ1) is 20.7. The van der Waals surface area contributed by atoms with Crippen LogP contribution in [-0.2, 0) is 14.4 Å². The summed E-state index contributed by atoms with van der Waals surface area (Å²) in [6.45, 7) is 4.41. The summed E-state index contributed by atoms with van der Waals surface area (Å²) < 4.78 is 43.2. The maximum Gasteiger partial charge on any atom is 0.490 e. The van der Waals surface area contributed by atoms with E-state index in [2.05, 4.69) is 18.2 Å². The van der Waals surface area contributed by atoms with E-state index in [1.165, 1.54) is 5.57 Å². The van der Waals surface area contributed by atoms with Gasteiger partial charge in [0.05, 0.1) is 5.71 Å². The van der Waals surface area contributed by atoms with E-state index in [-0.39, 0.29) is 10.8 Å². The van der Waals surface area contributed by atoms with Crippen LogP contribution in [-0.4, -0.2) is 31.1 Å². The van der Waals surface area contributed by atoms with Crippen molar-refractivity contribution >= 4 is 11.7 Å². The smallest absolute Gasteiger partial charge is 0.455 e. The molecular formula is C22H30F3NO3. The molecule has 0 aromatic carbocycles. The third kappa shape index (κ3) is 3.28. The first-order valence-electron chi connectivity index (χ1n) is 10.7. The molecule has 4 rings (SSSR count). The van der Waals surface area contributed by atoms with Crippen molar-refractivity contribution in [3.63, 3.8) is 0 Å². The van der Waals surface area contributed by atoms with Gasteiger partial charge in [0.15, 0.2) is 0 Å². The van der Waals surface area contributed by atoms with Crippen LogP contribution in [0, 0.1) is 28.6 Å². The van der Waals surface area contributed by atoms with Crippen molar-refractivity contribution in [2.45, 2.75) is 77.5 Å². The van der Waals surface area contributed by atoms with Crippen molar-refractivity contribution in [1.29, 1.82) is 0 Å². The van der Waals surface area contributed by atoms with Crippen LogP contribution < -0.4 is 0 Å². The number of nitrogens with zero attached hydrogens (tertiary/aromatic N) is 1. The topological polar surface area (TPSA) is 47.9 Å². The van der Waals surface area contributed by atoms with Gasteiger partial charge in [-0.3, -0.25) is 0 Å². The van der Waals surface area contributed by atoms with Gasteiger partial charge in [0.2, 0.25) is 0 Å². The Morgan fingerprint density at radius 2 is 1.86 bits per heavy atom. The number of carbonyl (C=O) groups is 1. The van der Waals surface area contributed by atoms with E-state index in [1.54, 1.807) is 7.11 Å². The van der Waals surface area contributed by atoms with Gasteiger partial charge in [0.25, 0.3) is 0 Å². The quantitative estimate of drug-likeness (QED) is 0.448. The van der Waals surface area contributed by atoms with Gasteiger partial charge in [0.1, 0.15) is 13.2 Å². The molecule has 3 fully saturated rings. The fraction of sp³-hybridized carbons (Fsp3) is 0.818. The Morgan fingerprint density at radius 3 is 2.55 bits per heavy atom. The molecule has 0 aromatic rings. The van der Waals surface area contributed by atoms with E-state index in [4.69, 9.17) is 9.57 Å². The van der Waals surface area contributed by atoms with Crippen molar-refractivity contribution in [3.05, 3.63) is 11.6 Å². The molecule has 162 valence electrons. The molecule has 0 spiro atoms. The lowest BCUT2D eigenvalue weighted by Gasteiger charge is -2.58. The number of allylic oxidation sites excluding steroid dienone is 2. The molecule has 6 unspecified atom stereocenters. The van der Waals surface area contributed by atoms with Gasteiger partial charge in [-0.15, -0.1) is 0 Å². The van der Waals surface area contributed by atoms with Crippen molar-refractivity contribution in [3.8, 4) is 0 Å². The van der Waals surface area contributed by atoms with E-state index < -0.39 is 18.2 Å². The van der Waals surface area contributed by atoms with Crippen LogP contribution in [0.1, 0.15) is 65.2 Å². The van der Waals surface area contributed by atoms with Gasteiger partial charge in [0, 0.05) is 5.41 Å². The van der Waals surface area contributed by atoms with Gasteiger partial charge in [-0.25, -0.2) is 4.79 Å². The third-order valence-electron chi connectivity index (χ3n) is 8.58. The Hall–Kier alpha value is -1.53. The zero-order valence-electron chi connectivity index (χ0n) is 17.3. The summed E-state index contributed by atoms with van der Waals surface area (Å²) in [6, 6.07) is 0. The molecule has 4 aliphatic carbocycles. The minimum atomic E-state index is -4.92. The molecule has 4 aliphatic rings. The Labute approximate surface area is 169 Å². The summed E-state index contributed by atoms with van der Waals surface area (Å²) in [6.07, 6.45) is 3.82. The highest BCUT2D eigenvalue weighted by Crippen LogP contribution is 2.65. The zero-order chi connectivity index (χ0) is 21.0. The number of halogens is 3. The molecule has 0 aliphatic heterocycles. The van der Waals surface area contributed by atoms with Crippen LogP contribution in [0.3, 0.4) is 0 Å². The second-order valence-corrected chi connectivity index (χ2v) is 9.78. The summed E-state index contributed by atoms with van der Waals surface area (Å²) in [5.74, 6) is -0.711. The summed E-state index contributed by atoms with van der Waals surface area (Å²) in [5, 5.41) is 4.13. The molecule has 0 bridgehead atoms. The van der Waals surface area contributed by atoms with Crippen LogP contribution in [0.4, 0.5) is 13.2 Å². The molecule has 0 radical (unpaired) electrons. The lowest BCUT2D eigenvalue weighted by molar-refractivity contribution is -0.211. The third-order valence-corrected chi connectivity index (χ3v) is 8.58. The Morgan fingerprint density at radius 1 is 1.10 bits per heavy atom. The molecule has 29 heavy (non-hydrogen) atoms. The van der Waals surface area contributed by atoms with Gasteiger partial charge in [-0.1, -0.05) is 24.6 Å². The molecule has 6 atom stereocenters. The number of fused-ring (bicyclic) bond motifs is 5. The molecule has 0 amide bonds. The largest absolute Gasteiger partial charge is 0.490 e. The van der Waals surface area contributed by atoms with Crippen LogP contribution in [0.2, 0.25) is 0 Å². The number of esters is 1. The fourth-order valence-corrected chi connectivity index (χ4v) is 7.10. The summed E-state index contributed by atoms with van der Waals surface area (Å²) >= 11 is 0. The molecule has 7 heteroatoms. The number of hydrogen-bond acceptors (Lipinski definition) is 4. The summed E-state index contributed by atoms with van der Waals surface area (Å²) in [5.41, 5.74) is 2.22. The molecule has 0 N–H and O–H groups in total. The van der Waals surface area contributed by atoms with Crippen molar-refractivity contribution in [1.82, 2.24) is 0 Å². The van der Waals surface area contributed by atoms with Crippen LogP contribution in [0.5, 0.6) is 0 Å². The molecule has 0 aromatic heterocycles. The number of alkyl halides is 3. The highest BCUT2D eigenvalue weighted by molar-refractivity contribution is 5.96. The summed E-state index contributed by atoms with van der Waals surface area (Å²) in [4.78, 5) is 16.4. The van der Waals surface area contributed by atoms with Crippen LogP contribution >= 0.6 is 0 Å². The predicted octanol–water partition coefficient (Wildman–Crippen LogP) is 5.43. The van der Waals surface area contributed by atoms with Crippen LogP contribution in [0.15, 0.2) is 16.8 Å². The Balaban J connectivity index is 1.55. The number of hydrogen-bond donors (Lipinski definition) is 0. The molecule has 0 heterocycles. The van der Waals surface area contributed by atoms with Crippen molar-refractivity contribution in [2.24, 2.45) is 33.7 Å². The van der Waals surface area contributed by atoms with E-state index in [0.29, 0.717) is 24.2 Å². The van der Waals surface area contributed by atoms with Gasteiger partial charge >= 0.3 is 12.1 Å². The van der Waals surface area contributed by atoms with E-state index in [9.17, 15) is 18.0 Å². The maximum absolute atomic E-state index is 12.7. The minimum Gasteiger partial charge on any atom is -0.455 e. The minimum absolute atomic E-state index is 0.123. The van der Waals surface area contributed by atoms with E-state index in [0.717, 1.165) is 50.7 Å². The highest BCUT2D eigenvalue weighted by atomic mass is 19.4. The average Bonchev–Trinajstić information content (AvgIpc) is 2.98. The van der Waals surface area contributed by atoms with Gasteiger partial charge in [-0.05, 0) is 80.6 Å². The number of ether oxygens (including phenoxy) is 1. The van der Waals surface area contributed by atoms with Crippen molar-refractivity contribution < 1.29 is 27.5 Å². The molecule has 4 nitrogen and oxygen atoms in total. The maximum atomic E-state index is 12.7. The van der Waals surface area contributed by atoms with E-state index in [1.807, 2.05) is 6.92 Å². The van der Waals surface area contributed by atoms with Gasteiger partial charge in [-0.2, -0.15) is 13.2 Å². The van der Waals surface area contributed by atoms with Crippen molar-refractivity contribution in [2.75, 3.05) is 7.11 Å². The number of rotatable bonds is 2. The first-order valence-corrected chi connectivity index (χ1v) is 10.7. The first-order chi connectivity index (χ1) is 13.6. The second kappa shape index (κ2) is 7.02. The fourth-order valence-electron chi connectivity index (χ4n) is 7.10. The Kier molecular flexibility index (Phi) is 5.02. The SMILES string of the molecule is CO/N=C1/C=C2CCC3C(CCC4(C)C(OC(=O)C(F)(F)F)CCC34)C2(C)CC1. The molecule has 3 saturated carbocycles. The zero-order valence-corrected chi connectivity index (χ0v) is 17.3. The van der Waals surface area contributed by atoms with Crippen LogP contribution in [0.25, 0.3) is 0 Å². The molecule has 0 saturated heterocycles. The monoisotopic (exact) mass is 413 g/mol. The normalized spacial score (nSPS) is 43.1. The standard InChI is InChI=1S/C22H30F3NO3/c1-20-10-8-14(26-28-3)12-13(20)4-5-15-16-6-7-18(29-19(27)22(23,24)25)21(16,2)11-9-17(15)20/h12,15-18H,4-11H2,1-3H3/b26-14+.